The van der Waals surface area contributed by atoms with E-state index in [9.17, 15) is 67.7 Å². The lowest BCUT2D eigenvalue weighted by atomic mass is 10.1. The second-order valence-electron chi connectivity index (χ2n) is 32.6. The molecule has 0 bridgehead atoms. The Bertz CT molecular complexity index is 6270. The van der Waals surface area contributed by atoms with E-state index in [4.69, 9.17) is 168 Å². The molecule has 10 N–H and O–H groups in total. The molecular weight excluding hydrogens is 2050 g/mol. The first-order chi connectivity index (χ1) is 66.6. The standard InChI is InChI=1S/C75H111N14O44P5S3/c1-35-24-85(70(95)78-59(35)76)65-54(113-18-13-108-8)49(90)43(124-65)30-120-137(106,140)133-53-47(128-69(58(53)117-22-17-112-12)89-29-40(6)64(94)83-75(89)100)34-122-138(107,141)132-52-45(126-68(57(52)116-21-16-111-11)88-28-39(5)63(93)82-74(88)99)32-119-135(103,104)130-50-44(125-67(55(50)114-19-14-109-9)87-27-38(4)62(92)81-73(87)98)31-118-134(101,102)131-51-46(127-66(56(51)115-20-15-110-10)86-25-36(2)60(77)79-71(86)96)33-121-136(105,139)129-42-23-48(123-41(42)7)84-26-37(3)61(91)80-72(84)97/h24-29,41-58,65-69,90H,13-23,30-34H2,1-12H3,(H,101,102)(H,103,104)(H,105,139)(H,106,140)(H,107,141)(H2,76,78,95)(H2,77,79,96)(H,80,91,97)(H,81,92,98)(H,82,93,99)(H,83,94,100)/p-4/t41-,42?,43-,44-,45-,46-,47-,48-,49?,50?,51?,52?,53?,54+,55+,56+,57+,58+,65-,66-,67-,68-,69-,136?,137?,138?/m1/s1. The molecule has 6 aromatic heterocycles. The third-order valence-electron chi connectivity index (χ3n) is 22.6. The van der Waals surface area contributed by atoms with Gasteiger partial charge in [0.15, 0.2) is 37.9 Å². The van der Waals surface area contributed by atoms with Crippen molar-refractivity contribution in [1.29, 1.82) is 0 Å². The number of aromatic nitrogens is 12. The van der Waals surface area contributed by atoms with Crippen molar-refractivity contribution < 1.29 is 159 Å². The molecule has 0 amide bonds. The molecule has 12 rings (SSSR count). The number of hydrogen-bond donors (Lipinski definition) is 8. The average Bonchev–Trinajstić information content (AvgIpc) is 1.64. The molecule has 58 nitrogen and oxygen atoms in total. The second-order valence-corrected chi connectivity index (χ2v) is 43.4. The molecule has 28 atom stereocenters. The van der Waals surface area contributed by atoms with E-state index >= 15 is 18.6 Å². The number of methoxy groups -OCH3 is 5. The Labute approximate surface area is 813 Å². The summed E-state index contributed by atoms with van der Waals surface area (Å²) in [4.78, 5) is 206. The van der Waals surface area contributed by atoms with Crippen LogP contribution in [-0.2, 0) is 171 Å². The number of ether oxygens (including phenoxy) is 16. The molecule has 0 aromatic carbocycles. The van der Waals surface area contributed by atoms with Crippen LogP contribution in [0.25, 0.3) is 0 Å². The van der Waals surface area contributed by atoms with E-state index in [1.807, 2.05) is 0 Å². The summed E-state index contributed by atoms with van der Waals surface area (Å²) in [6.07, 6.45) is -33.4. The molecule has 141 heavy (non-hydrogen) atoms. The van der Waals surface area contributed by atoms with Crippen LogP contribution in [0.5, 0.6) is 0 Å². The highest BCUT2D eigenvalue weighted by molar-refractivity contribution is 8.32. The average molecular weight is 2160 g/mol. The predicted molar refractivity (Wildman–Crippen MR) is 482 cm³/mol. The van der Waals surface area contributed by atoms with E-state index in [-0.39, 0.29) is 98.7 Å². The van der Waals surface area contributed by atoms with Gasteiger partial charge in [-0.05, 0) is 48.5 Å². The van der Waals surface area contributed by atoms with Crippen LogP contribution in [-0.4, -0.2) is 306 Å². The van der Waals surface area contributed by atoms with Crippen LogP contribution < -0.4 is 82.5 Å². The van der Waals surface area contributed by atoms with Crippen LogP contribution in [0.15, 0.2) is 85.1 Å². The van der Waals surface area contributed by atoms with Gasteiger partial charge in [0.25, 0.3) is 30.1 Å². The van der Waals surface area contributed by atoms with Gasteiger partial charge in [0, 0.05) is 113 Å². The van der Waals surface area contributed by atoms with E-state index < -0.39 is 280 Å². The van der Waals surface area contributed by atoms with E-state index in [1.54, 1.807) is 6.92 Å². The molecule has 0 aliphatic carbocycles. The van der Waals surface area contributed by atoms with Gasteiger partial charge in [-0.15, -0.1) is 0 Å². The van der Waals surface area contributed by atoms with Crippen LogP contribution in [0.4, 0.5) is 11.6 Å². The summed E-state index contributed by atoms with van der Waals surface area (Å²) in [5.74, 6) is -0.333. The van der Waals surface area contributed by atoms with E-state index in [1.165, 1.54) is 95.7 Å². The van der Waals surface area contributed by atoms with Crippen LogP contribution in [0.3, 0.4) is 0 Å². The zero-order valence-corrected chi connectivity index (χ0v) is 84.2. The van der Waals surface area contributed by atoms with Crippen molar-refractivity contribution in [1.82, 2.24) is 57.3 Å². The maximum absolute atomic E-state index is 15.4. The lowest BCUT2D eigenvalue weighted by molar-refractivity contribution is -0.237. The number of phosphoric acid groups is 2. The number of phosphoric ester groups is 2. The highest BCUT2D eigenvalue weighted by atomic mass is 32.7. The van der Waals surface area contributed by atoms with Crippen molar-refractivity contribution in [2.24, 2.45) is 0 Å². The molecule has 6 aliphatic heterocycles. The fraction of sp³-hybridized carbons (Fsp3) is 0.680. The molecule has 0 spiro atoms. The molecule has 0 radical (unpaired) electrons. The normalized spacial score (nSPS) is 29.6. The topological polar surface area (TPSA) is 742 Å². The summed E-state index contributed by atoms with van der Waals surface area (Å²) in [7, 11) is -5.70. The number of rotatable bonds is 51. The van der Waals surface area contributed by atoms with Crippen molar-refractivity contribution in [3.63, 3.8) is 0 Å². The fourth-order valence-electron chi connectivity index (χ4n) is 15.6. The summed E-state index contributed by atoms with van der Waals surface area (Å²) >= 11 is 16.5. The molecule has 0 saturated carbocycles. The van der Waals surface area contributed by atoms with Gasteiger partial charge in [0.2, 0.25) is 0 Å². The van der Waals surface area contributed by atoms with Crippen LogP contribution in [0, 0.1) is 41.5 Å². The number of anilines is 2. The summed E-state index contributed by atoms with van der Waals surface area (Å²) < 4.78 is 204. The van der Waals surface area contributed by atoms with Gasteiger partial charge in [-0.2, -0.15) is 9.97 Å². The Balaban J connectivity index is 0.843. The van der Waals surface area contributed by atoms with Gasteiger partial charge in [-0.3, -0.25) is 84.7 Å². The summed E-state index contributed by atoms with van der Waals surface area (Å²) in [5.41, 5.74) is 2.59. The van der Waals surface area contributed by atoms with E-state index in [2.05, 4.69) is 29.9 Å². The van der Waals surface area contributed by atoms with Gasteiger partial charge >= 0.3 is 42.0 Å². The van der Waals surface area contributed by atoms with Crippen molar-refractivity contribution >= 4 is 83.4 Å². The smallest absolute Gasteiger partial charge is 0.472 e. The van der Waals surface area contributed by atoms with Gasteiger partial charge < -0.3 is 160 Å². The summed E-state index contributed by atoms with van der Waals surface area (Å²) in [5, 5.41) is 11.7. The number of nitrogens with zero attached hydrogens (tertiary/aromatic N) is 8. The lowest BCUT2D eigenvalue weighted by Crippen LogP contribution is -2.43. The molecule has 11 unspecified atom stereocenters. The first kappa shape index (κ1) is 113. The van der Waals surface area contributed by atoms with E-state index in [0.717, 1.165) is 46.0 Å². The van der Waals surface area contributed by atoms with Gasteiger partial charge in [-0.25, -0.2) is 33.3 Å². The van der Waals surface area contributed by atoms with Crippen LogP contribution in [0.2, 0.25) is 0 Å². The maximum atomic E-state index is 15.4. The van der Waals surface area contributed by atoms with Crippen LogP contribution >= 0.6 is 35.9 Å². The fourth-order valence-corrected chi connectivity index (χ4v) is 21.8. The Morgan fingerprint density at radius 3 is 1.11 bits per heavy atom. The Morgan fingerprint density at radius 1 is 0.404 bits per heavy atom. The maximum Gasteiger partial charge on any atom is 0.472 e. The van der Waals surface area contributed by atoms with Crippen molar-refractivity contribution in [2.75, 3.05) is 146 Å². The van der Waals surface area contributed by atoms with Crippen LogP contribution in [0.1, 0.15) is 84.1 Å². The Morgan fingerprint density at radius 2 is 0.709 bits per heavy atom. The number of nitrogens with one attached hydrogen (secondary N) is 4. The van der Waals surface area contributed by atoms with Crippen molar-refractivity contribution in [3.05, 3.63) is 175 Å². The number of nitrogen functional groups attached to an aromatic ring is 2. The van der Waals surface area contributed by atoms with E-state index in [0.29, 0.717) is 5.56 Å². The minimum atomic E-state index is -6.27. The highest BCUT2D eigenvalue weighted by Crippen LogP contribution is 2.57. The largest absolute Gasteiger partial charge is 0.780 e. The third-order valence-corrected chi connectivity index (χ3v) is 29.2. The second kappa shape index (κ2) is 48.9. The van der Waals surface area contributed by atoms with Gasteiger partial charge in [0.05, 0.1) is 111 Å². The Hall–Kier alpha value is -6.82. The first-order valence-corrected chi connectivity index (χ1v) is 53.6. The first-order valence-electron chi connectivity index (χ1n) is 42.9. The summed E-state index contributed by atoms with van der Waals surface area (Å²) in [6.45, 7) is -14.1. The number of aromatic amines is 4. The predicted octanol–water partition coefficient (Wildman–Crippen LogP) is -4.57. The Kier molecular flexibility index (Phi) is 39.1. The number of aryl methyl sites for hydroxylation is 6. The highest BCUT2D eigenvalue weighted by Gasteiger charge is 2.57. The molecule has 6 aliphatic rings. The van der Waals surface area contributed by atoms with Crippen molar-refractivity contribution in [2.45, 2.75) is 196 Å². The van der Waals surface area contributed by atoms with Gasteiger partial charge in [-0.1, -0.05) is 23.6 Å². The third kappa shape index (κ3) is 28.2. The molecular formula is C75H107N14O44P5S3-4. The molecule has 6 aromatic rings. The molecule has 6 saturated heterocycles. The number of aliphatic hydroxyl groups excluding tert-OH is 1. The number of aliphatic hydroxyl groups is 1. The number of hydrogen-bond acceptors (Lipinski definition) is 50. The lowest BCUT2D eigenvalue weighted by Gasteiger charge is -2.36. The molecule has 788 valence electrons. The summed E-state index contributed by atoms with van der Waals surface area (Å²) in [6, 6.07) is 0. The number of nitrogens with two attached hydrogens (primary N) is 2. The number of H-pyrrole nitrogens is 4. The molecule has 6 fully saturated rings. The van der Waals surface area contributed by atoms with Crippen molar-refractivity contribution in [3.8, 4) is 0 Å². The zero-order chi connectivity index (χ0) is 103. The minimum Gasteiger partial charge on any atom is -0.780 e. The molecule has 66 heteroatoms. The SMILES string of the molecule is COCCO[C@H]1C(O)[C@@H](COP([O-])(=S)OC2[C@@H](COP(=O)([S-])OC3[C@@H](COP(=O)([O-])OC4[C@@H](COP(=O)(O)OC5[C@@H](COP([O-])(=S)OC6C[C@H](n7cc(C)c(=O)[nH]c7=O)O[C@@H]6C)O[C@@H](n6cc(C)c(N)nc6=O)[C@H]5OCCOC)O[C@@H](n5cc(C)c(=O)[nH]c5=O)[C@H]4OCCOC)O[C@@H](n4cc(C)c(=O)[nH]c4=O)[C@H]3OCCOC)O[C@@H](n3cc(C)c(=O)[nH]c3=O)[C@H]2OCCOC)O[C@H]1n1cc(C)c(N)nc1=O. The monoisotopic (exact) mass is 2160 g/mol. The zero-order valence-electron chi connectivity index (χ0n) is 77.3. The minimum absolute atomic E-state index is 0.00436. The quantitative estimate of drug-likeness (QED) is 0.0101. The van der Waals surface area contributed by atoms with Gasteiger partial charge in [0.1, 0.15) is 123 Å². The molecule has 12 heterocycles.